The van der Waals surface area contributed by atoms with Crippen LogP contribution in [0.5, 0.6) is 11.5 Å². The summed E-state index contributed by atoms with van der Waals surface area (Å²) in [6.07, 6.45) is 0. The van der Waals surface area contributed by atoms with Gasteiger partial charge in [-0.25, -0.2) is 0 Å². The minimum absolute atomic E-state index is 0.0497. The molecule has 0 amide bonds. The Labute approximate surface area is 109 Å². The molecule has 2 N–H and O–H groups in total. The van der Waals surface area contributed by atoms with Gasteiger partial charge in [0, 0.05) is 4.92 Å². The lowest BCUT2D eigenvalue weighted by Crippen LogP contribution is -2.25. The summed E-state index contributed by atoms with van der Waals surface area (Å²) in [5.74, 6) is -0.0534. The summed E-state index contributed by atoms with van der Waals surface area (Å²) in [7, 11) is 1.45. The van der Waals surface area contributed by atoms with E-state index in [-0.39, 0.29) is 11.5 Å². The molecule has 98 valence electrons. The van der Waals surface area contributed by atoms with Gasteiger partial charge in [-0.1, -0.05) is 6.07 Å². The quantitative estimate of drug-likeness (QED) is 0.645. The van der Waals surface area contributed by atoms with Crippen molar-refractivity contribution in [3.63, 3.8) is 0 Å². The zero-order valence-corrected chi connectivity index (χ0v) is 10.1. The number of nitro groups is 1. The molecule has 1 aromatic rings. The van der Waals surface area contributed by atoms with Crippen molar-refractivity contribution in [3.05, 3.63) is 45.3 Å². The highest BCUT2D eigenvalue weighted by Gasteiger charge is 2.35. The molecule has 2 rings (SSSR count). The Morgan fingerprint density at radius 3 is 2.95 bits per heavy atom. The summed E-state index contributed by atoms with van der Waals surface area (Å²) in [4.78, 5) is 10.3. The first-order chi connectivity index (χ1) is 9.08. The third-order valence-electron chi connectivity index (χ3n) is 2.88. The summed E-state index contributed by atoms with van der Waals surface area (Å²) in [6.45, 7) is -0.444. The van der Waals surface area contributed by atoms with Gasteiger partial charge in [0.15, 0.2) is 0 Å². The van der Waals surface area contributed by atoms with Crippen LogP contribution in [-0.4, -0.2) is 18.6 Å². The first kappa shape index (κ1) is 12.7. The van der Waals surface area contributed by atoms with Crippen LogP contribution in [-0.2, 0) is 0 Å². The minimum Gasteiger partial charge on any atom is -0.496 e. The summed E-state index contributed by atoms with van der Waals surface area (Å²) >= 11 is 0. The van der Waals surface area contributed by atoms with E-state index in [2.05, 4.69) is 0 Å². The number of fused-ring (bicyclic) bond motifs is 1. The molecule has 19 heavy (non-hydrogen) atoms. The van der Waals surface area contributed by atoms with Gasteiger partial charge in [0.05, 0.1) is 18.6 Å². The first-order valence-electron chi connectivity index (χ1n) is 5.44. The van der Waals surface area contributed by atoms with Crippen LogP contribution < -0.4 is 15.2 Å². The first-order valence-corrected chi connectivity index (χ1v) is 5.44. The van der Waals surface area contributed by atoms with Crippen molar-refractivity contribution in [2.45, 2.75) is 5.92 Å². The van der Waals surface area contributed by atoms with Crippen LogP contribution in [0.4, 0.5) is 0 Å². The number of benzene rings is 1. The van der Waals surface area contributed by atoms with Gasteiger partial charge >= 0.3 is 0 Å². The lowest BCUT2D eigenvalue weighted by atomic mass is 9.88. The molecule has 1 atom stereocenters. The molecule has 0 saturated carbocycles. The molecule has 7 heteroatoms. The highest BCUT2D eigenvalue weighted by molar-refractivity contribution is 5.56. The number of hydrogen-bond donors (Lipinski definition) is 1. The van der Waals surface area contributed by atoms with E-state index in [1.165, 1.54) is 7.11 Å². The molecular weight excluding hydrogens is 250 g/mol. The summed E-state index contributed by atoms with van der Waals surface area (Å²) in [6, 6.07) is 6.85. The smallest absolute Gasteiger partial charge is 0.215 e. The highest BCUT2D eigenvalue weighted by atomic mass is 16.6. The van der Waals surface area contributed by atoms with Crippen molar-refractivity contribution in [1.29, 1.82) is 5.26 Å². The van der Waals surface area contributed by atoms with Crippen LogP contribution in [0.15, 0.2) is 29.7 Å². The number of hydrogen-bond acceptors (Lipinski definition) is 6. The molecule has 1 unspecified atom stereocenters. The SMILES string of the molecule is COc1cccc2c1C(C[N+](=O)[O-])C(C#N)=C(N)O2. The number of nitrogens with zero attached hydrogens (tertiary/aromatic N) is 2. The maximum absolute atomic E-state index is 10.8. The van der Waals surface area contributed by atoms with Crippen LogP contribution in [0, 0.1) is 21.4 Å². The maximum Gasteiger partial charge on any atom is 0.215 e. The number of ether oxygens (including phenoxy) is 2. The zero-order valence-electron chi connectivity index (χ0n) is 10.1. The van der Waals surface area contributed by atoms with Crippen LogP contribution in [0.1, 0.15) is 11.5 Å². The van der Waals surface area contributed by atoms with Crippen molar-refractivity contribution in [2.75, 3.05) is 13.7 Å². The predicted molar refractivity (Wildman–Crippen MR) is 65.1 cm³/mol. The van der Waals surface area contributed by atoms with Crippen LogP contribution in [0.2, 0.25) is 0 Å². The Morgan fingerprint density at radius 1 is 1.63 bits per heavy atom. The maximum atomic E-state index is 10.8. The number of methoxy groups -OCH3 is 1. The molecule has 1 aliphatic heterocycles. The van der Waals surface area contributed by atoms with E-state index in [0.717, 1.165) is 0 Å². The second-order valence-corrected chi connectivity index (χ2v) is 3.93. The topological polar surface area (TPSA) is 111 Å². The Balaban J connectivity index is 2.61. The second-order valence-electron chi connectivity index (χ2n) is 3.93. The Morgan fingerprint density at radius 2 is 2.37 bits per heavy atom. The van der Waals surface area contributed by atoms with Crippen molar-refractivity contribution in [3.8, 4) is 17.6 Å². The standard InChI is InChI=1S/C12H11N3O4/c1-18-9-3-2-4-10-11(9)8(6-15(16)17)7(5-13)12(14)19-10/h2-4,8H,6,14H2,1H3. The molecule has 0 saturated heterocycles. The van der Waals surface area contributed by atoms with Crippen LogP contribution >= 0.6 is 0 Å². The van der Waals surface area contributed by atoms with Gasteiger partial charge in [-0.3, -0.25) is 10.1 Å². The van der Waals surface area contributed by atoms with Gasteiger partial charge in [-0.15, -0.1) is 0 Å². The largest absolute Gasteiger partial charge is 0.496 e. The number of nitriles is 1. The van der Waals surface area contributed by atoms with E-state index >= 15 is 0 Å². The Hall–Kier alpha value is -2.75. The summed E-state index contributed by atoms with van der Waals surface area (Å²) in [5.41, 5.74) is 6.16. The minimum atomic E-state index is -0.764. The van der Waals surface area contributed by atoms with Gasteiger partial charge in [-0.2, -0.15) is 5.26 Å². The van der Waals surface area contributed by atoms with Gasteiger partial charge in [0.25, 0.3) is 0 Å². The normalized spacial score (nSPS) is 17.2. The number of rotatable bonds is 3. The molecule has 0 spiro atoms. The van der Waals surface area contributed by atoms with Crippen molar-refractivity contribution < 1.29 is 14.4 Å². The van der Waals surface area contributed by atoms with E-state index in [0.29, 0.717) is 17.1 Å². The molecule has 0 fully saturated rings. The molecule has 0 aliphatic carbocycles. The van der Waals surface area contributed by atoms with Gasteiger partial charge in [-0.05, 0) is 12.1 Å². The Bertz CT molecular complexity index is 603. The fourth-order valence-electron chi connectivity index (χ4n) is 2.09. The van der Waals surface area contributed by atoms with Crippen molar-refractivity contribution >= 4 is 0 Å². The zero-order chi connectivity index (χ0) is 14.0. The Kier molecular flexibility index (Phi) is 3.25. The molecule has 1 aliphatic rings. The van der Waals surface area contributed by atoms with E-state index < -0.39 is 17.4 Å². The molecule has 1 aromatic carbocycles. The molecule has 0 bridgehead atoms. The van der Waals surface area contributed by atoms with E-state index in [9.17, 15) is 10.1 Å². The fourth-order valence-corrected chi connectivity index (χ4v) is 2.09. The predicted octanol–water partition coefficient (Wildman–Crippen LogP) is 1.14. The lowest BCUT2D eigenvalue weighted by molar-refractivity contribution is -0.482. The van der Waals surface area contributed by atoms with Crippen LogP contribution in [0.3, 0.4) is 0 Å². The third-order valence-corrected chi connectivity index (χ3v) is 2.88. The third kappa shape index (κ3) is 2.15. The van der Waals surface area contributed by atoms with E-state index in [1.807, 2.05) is 6.07 Å². The summed E-state index contributed by atoms with van der Waals surface area (Å²) < 4.78 is 10.5. The summed E-state index contributed by atoms with van der Waals surface area (Å²) in [5, 5.41) is 19.9. The van der Waals surface area contributed by atoms with Crippen molar-refractivity contribution in [1.82, 2.24) is 0 Å². The fraction of sp³-hybridized carbons (Fsp3) is 0.250. The highest BCUT2D eigenvalue weighted by Crippen LogP contribution is 2.43. The van der Waals surface area contributed by atoms with Gasteiger partial charge in [0.2, 0.25) is 12.4 Å². The van der Waals surface area contributed by atoms with E-state index in [4.69, 9.17) is 20.5 Å². The average molecular weight is 261 g/mol. The molecular formula is C12H11N3O4. The van der Waals surface area contributed by atoms with Crippen LogP contribution in [0.25, 0.3) is 0 Å². The van der Waals surface area contributed by atoms with Gasteiger partial charge < -0.3 is 15.2 Å². The average Bonchev–Trinajstić information content (AvgIpc) is 2.37. The monoisotopic (exact) mass is 261 g/mol. The molecule has 0 aromatic heterocycles. The molecule has 0 radical (unpaired) electrons. The van der Waals surface area contributed by atoms with E-state index in [1.54, 1.807) is 18.2 Å². The van der Waals surface area contributed by atoms with Crippen molar-refractivity contribution in [2.24, 2.45) is 5.73 Å². The number of nitrogens with two attached hydrogens (primary N) is 1. The van der Waals surface area contributed by atoms with Gasteiger partial charge in [0.1, 0.15) is 23.1 Å². The molecule has 1 heterocycles. The molecule has 7 nitrogen and oxygen atoms in total. The second kappa shape index (κ2) is 4.86. The lowest BCUT2D eigenvalue weighted by Gasteiger charge is -2.25.